The summed E-state index contributed by atoms with van der Waals surface area (Å²) in [7, 11) is 5.79. The molecule has 100 valence electrons. The molecule has 0 unspecified atom stereocenters. The number of hydrogen-bond acceptors (Lipinski definition) is 3. The number of hydrogen-bond donors (Lipinski definition) is 2. The predicted molar refractivity (Wildman–Crippen MR) is 78.9 cm³/mol. The Hall–Kier alpha value is -1.49. The van der Waals surface area contributed by atoms with Gasteiger partial charge in [-0.05, 0) is 32.4 Å². The fraction of sp³-hybridized carbons (Fsp3) is 0.500. The first-order valence-electron chi connectivity index (χ1n) is 6.59. The summed E-state index contributed by atoms with van der Waals surface area (Å²) >= 11 is 0. The van der Waals surface area contributed by atoms with Crippen LogP contribution in [-0.2, 0) is 0 Å². The number of nitrogens with zero attached hydrogens (tertiary/aromatic N) is 1. The number of benzene rings is 1. The van der Waals surface area contributed by atoms with E-state index in [0.29, 0.717) is 41.9 Å². The third kappa shape index (κ3) is 2.92. The van der Waals surface area contributed by atoms with Gasteiger partial charge in [0.2, 0.25) is 0 Å². The summed E-state index contributed by atoms with van der Waals surface area (Å²) in [6.45, 7) is 7.43. The van der Waals surface area contributed by atoms with E-state index in [1.807, 2.05) is 11.8 Å². The summed E-state index contributed by atoms with van der Waals surface area (Å²) in [5.41, 5.74) is 8.39. The molecule has 1 saturated heterocycles. The quantitative estimate of drug-likeness (QED) is 0.558. The van der Waals surface area contributed by atoms with Gasteiger partial charge in [0.05, 0.1) is 0 Å². The topological polar surface area (TPSA) is 58.4 Å². The average Bonchev–Trinajstić information content (AvgIpc) is 2.31. The molecule has 4 nitrogen and oxygen atoms in total. The first-order valence-corrected chi connectivity index (χ1v) is 6.59. The zero-order valence-electron chi connectivity index (χ0n) is 11.7. The second-order valence-corrected chi connectivity index (χ2v) is 5.46. The zero-order chi connectivity index (χ0) is 14.2. The summed E-state index contributed by atoms with van der Waals surface area (Å²) in [6, 6.07) is 4.00. The molecule has 1 aliphatic rings. The highest BCUT2D eigenvalue weighted by Gasteiger charge is 2.26. The number of rotatable bonds is 1. The largest absolute Gasteiger partial charge is 0.399 e. The monoisotopic (exact) mass is 257 g/mol. The number of nitrogens with two attached hydrogens (primary N) is 1. The summed E-state index contributed by atoms with van der Waals surface area (Å²) in [5.74, 6) is 0.0108. The minimum absolute atomic E-state index is 0.0108. The zero-order valence-corrected chi connectivity index (χ0v) is 11.7. The maximum atomic E-state index is 12.6. The second-order valence-electron chi connectivity index (χ2n) is 5.46. The van der Waals surface area contributed by atoms with Crippen molar-refractivity contribution in [2.75, 3.05) is 18.8 Å². The number of anilines is 1. The van der Waals surface area contributed by atoms with Gasteiger partial charge in [-0.3, -0.25) is 4.79 Å². The van der Waals surface area contributed by atoms with Crippen molar-refractivity contribution in [3.05, 3.63) is 23.3 Å². The van der Waals surface area contributed by atoms with Crippen molar-refractivity contribution in [2.24, 2.45) is 0 Å². The normalized spacial score (nSPS) is 23.4. The van der Waals surface area contributed by atoms with Crippen LogP contribution in [0.4, 0.5) is 5.69 Å². The van der Waals surface area contributed by atoms with Crippen LogP contribution in [0.25, 0.3) is 0 Å². The van der Waals surface area contributed by atoms with Crippen molar-refractivity contribution in [3.8, 4) is 0 Å². The predicted octanol–water partition coefficient (Wildman–Crippen LogP) is 0.193. The van der Waals surface area contributed by atoms with Crippen LogP contribution in [-0.4, -0.2) is 43.8 Å². The molecular formula is C14H20BN3O. The van der Waals surface area contributed by atoms with Gasteiger partial charge in [-0.25, -0.2) is 0 Å². The number of nitrogens with one attached hydrogen (secondary N) is 1. The van der Waals surface area contributed by atoms with Gasteiger partial charge in [0.25, 0.3) is 5.91 Å². The molecule has 0 aromatic heterocycles. The Morgan fingerprint density at radius 3 is 2.53 bits per heavy atom. The van der Waals surface area contributed by atoms with Crippen molar-refractivity contribution in [1.29, 1.82) is 0 Å². The highest BCUT2D eigenvalue weighted by molar-refractivity contribution is 6.33. The highest BCUT2D eigenvalue weighted by Crippen LogP contribution is 2.17. The fourth-order valence-electron chi connectivity index (χ4n) is 2.65. The van der Waals surface area contributed by atoms with Gasteiger partial charge in [-0.1, -0.05) is 11.5 Å². The van der Waals surface area contributed by atoms with E-state index in [1.54, 1.807) is 12.1 Å². The van der Waals surface area contributed by atoms with E-state index >= 15 is 0 Å². The molecule has 1 aliphatic heterocycles. The molecule has 1 amide bonds. The van der Waals surface area contributed by atoms with Crippen molar-refractivity contribution in [1.82, 2.24) is 10.2 Å². The molecule has 1 fully saturated rings. The number of amides is 1. The van der Waals surface area contributed by atoms with Gasteiger partial charge < -0.3 is 16.0 Å². The Labute approximate surface area is 115 Å². The smallest absolute Gasteiger partial charge is 0.254 e. The summed E-state index contributed by atoms with van der Waals surface area (Å²) < 4.78 is 0. The Morgan fingerprint density at radius 2 is 1.95 bits per heavy atom. The van der Waals surface area contributed by atoms with Crippen molar-refractivity contribution < 1.29 is 4.79 Å². The lowest BCUT2D eigenvalue weighted by Gasteiger charge is -2.36. The Bertz CT molecular complexity index is 494. The minimum atomic E-state index is 0.0108. The molecule has 1 aromatic rings. The third-order valence-corrected chi connectivity index (χ3v) is 3.55. The number of carbonyl (C=O) groups is 1. The molecule has 0 saturated carbocycles. The molecule has 19 heavy (non-hydrogen) atoms. The molecule has 0 spiro atoms. The number of nitrogen functional groups attached to an aromatic ring is 1. The van der Waals surface area contributed by atoms with Crippen LogP contribution >= 0.6 is 0 Å². The first kappa shape index (κ1) is 13.9. The van der Waals surface area contributed by atoms with Crippen LogP contribution in [0.5, 0.6) is 0 Å². The molecule has 1 aromatic carbocycles. The van der Waals surface area contributed by atoms with Crippen molar-refractivity contribution in [3.63, 3.8) is 0 Å². The molecule has 1 heterocycles. The lowest BCUT2D eigenvalue weighted by molar-refractivity contribution is 0.0673. The summed E-state index contributed by atoms with van der Waals surface area (Å²) in [6.07, 6.45) is 0. The van der Waals surface area contributed by atoms with Crippen molar-refractivity contribution in [2.45, 2.75) is 32.9 Å². The van der Waals surface area contributed by atoms with E-state index in [2.05, 4.69) is 19.2 Å². The van der Waals surface area contributed by atoms with E-state index in [-0.39, 0.29) is 5.91 Å². The Morgan fingerprint density at radius 1 is 1.37 bits per heavy atom. The minimum Gasteiger partial charge on any atom is -0.399 e. The molecule has 2 radical (unpaired) electrons. The van der Waals surface area contributed by atoms with Crippen LogP contribution in [0.15, 0.2) is 12.1 Å². The highest BCUT2D eigenvalue weighted by atomic mass is 16.2. The standard InChI is InChI=1S/C14H20BN3O/c1-8-6-18(7-9(2)17-8)14(19)12-4-11(15)5-13(16)10(12)3/h4-5,8-9,17H,6-7,16H2,1-3H3/t8-,9+. The van der Waals surface area contributed by atoms with Gasteiger partial charge in [0.1, 0.15) is 7.85 Å². The Kier molecular flexibility index (Phi) is 3.85. The Balaban J connectivity index is 2.29. The van der Waals surface area contributed by atoms with Gasteiger partial charge in [-0.15, -0.1) is 0 Å². The molecule has 2 rings (SSSR count). The molecule has 0 aliphatic carbocycles. The van der Waals surface area contributed by atoms with Crippen LogP contribution in [0.1, 0.15) is 29.8 Å². The van der Waals surface area contributed by atoms with Gasteiger partial charge in [0.15, 0.2) is 0 Å². The van der Waals surface area contributed by atoms with Gasteiger partial charge >= 0.3 is 0 Å². The van der Waals surface area contributed by atoms with Crippen LogP contribution in [0, 0.1) is 6.92 Å². The lowest BCUT2D eigenvalue weighted by atomic mass is 9.90. The van der Waals surface area contributed by atoms with E-state index in [0.717, 1.165) is 5.56 Å². The second kappa shape index (κ2) is 5.25. The molecule has 0 bridgehead atoms. The van der Waals surface area contributed by atoms with Gasteiger partial charge in [-0.2, -0.15) is 0 Å². The number of piperazine rings is 1. The summed E-state index contributed by atoms with van der Waals surface area (Å²) in [4.78, 5) is 14.5. The molecule has 2 atom stereocenters. The van der Waals surface area contributed by atoms with E-state index in [4.69, 9.17) is 13.6 Å². The van der Waals surface area contributed by atoms with Crippen LogP contribution < -0.4 is 16.5 Å². The maximum absolute atomic E-state index is 12.6. The summed E-state index contributed by atoms with van der Waals surface area (Å²) in [5, 5.41) is 3.41. The molecule has 3 N–H and O–H groups in total. The maximum Gasteiger partial charge on any atom is 0.254 e. The fourth-order valence-corrected chi connectivity index (χ4v) is 2.65. The average molecular weight is 257 g/mol. The first-order chi connectivity index (χ1) is 8.88. The van der Waals surface area contributed by atoms with Crippen LogP contribution in [0.2, 0.25) is 0 Å². The van der Waals surface area contributed by atoms with E-state index in [9.17, 15) is 4.79 Å². The molecular weight excluding hydrogens is 237 g/mol. The molecule has 5 heteroatoms. The number of carbonyl (C=O) groups excluding carboxylic acids is 1. The van der Waals surface area contributed by atoms with E-state index in [1.165, 1.54) is 0 Å². The van der Waals surface area contributed by atoms with Crippen LogP contribution in [0.3, 0.4) is 0 Å². The SMILES string of the molecule is [B]c1cc(N)c(C)c(C(=O)N2C[C@@H](C)N[C@@H](C)C2)c1. The van der Waals surface area contributed by atoms with Crippen molar-refractivity contribution >= 4 is 24.9 Å². The van der Waals surface area contributed by atoms with Gasteiger partial charge in [0, 0.05) is 36.4 Å². The lowest BCUT2D eigenvalue weighted by Crippen LogP contribution is -2.56. The third-order valence-electron chi connectivity index (χ3n) is 3.55. The van der Waals surface area contributed by atoms with E-state index < -0.39 is 0 Å².